The number of hydrogen-bond acceptors (Lipinski definition) is 3. The van der Waals surface area contributed by atoms with Crippen LogP contribution in [0.25, 0.3) is 0 Å². The molecule has 2 aromatic carbocycles. The summed E-state index contributed by atoms with van der Waals surface area (Å²) in [5.74, 6) is -0.489. The minimum absolute atomic E-state index is 0.196. The molecule has 0 saturated heterocycles. The Kier molecular flexibility index (Phi) is 3.57. The second-order valence-corrected chi connectivity index (χ2v) is 4.03. The van der Waals surface area contributed by atoms with Crippen LogP contribution in [0, 0.1) is 0 Å². The molecular weight excluding hydrogens is 238 g/mol. The smallest absolute Gasteiger partial charge is 0.195 e. The number of benzene rings is 2. The summed E-state index contributed by atoms with van der Waals surface area (Å²) in [6.45, 7) is 3.42. The third kappa shape index (κ3) is 2.45. The van der Waals surface area contributed by atoms with Gasteiger partial charge < -0.3 is 5.73 Å². The number of para-hydroxylation sites is 1. The number of rotatable bonds is 4. The Hall–Kier alpha value is -2.68. The molecule has 94 valence electrons. The Labute approximate surface area is 111 Å². The molecule has 0 fully saturated rings. The second kappa shape index (κ2) is 5.31. The highest BCUT2D eigenvalue weighted by Crippen LogP contribution is 2.21. The molecule has 2 N–H and O–H groups in total. The lowest BCUT2D eigenvalue weighted by molar-refractivity contribution is 0.103. The molecule has 0 aromatic heterocycles. The van der Waals surface area contributed by atoms with Crippen LogP contribution in [0.5, 0.6) is 0 Å². The van der Waals surface area contributed by atoms with Crippen molar-refractivity contribution >= 4 is 17.3 Å². The van der Waals surface area contributed by atoms with Gasteiger partial charge in [0.05, 0.1) is 5.69 Å². The number of carbonyl (C=O) groups is 2. The summed E-state index contributed by atoms with van der Waals surface area (Å²) in [5, 5.41) is 0. The molecule has 0 aliphatic heterocycles. The first-order chi connectivity index (χ1) is 9.15. The molecule has 3 nitrogen and oxygen atoms in total. The van der Waals surface area contributed by atoms with Crippen LogP contribution in [0.4, 0.5) is 5.69 Å². The summed E-state index contributed by atoms with van der Waals surface area (Å²) >= 11 is 0. The van der Waals surface area contributed by atoms with Gasteiger partial charge in [0.25, 0.3) is 0 Å². The maximum absolute atomic E-state index is 12.3. The predicted octanol–water partition coefficient (Wildman–Crippen LogP) is 2.87. The third-order valence-electron chi connectivity index (χ3n) is 2.84. The first-order valence-electron chi connectivity index (χ1n) is 5.80. The van der Waals surface area contributed by atoms with E-state index in [-0.39, 0.29) is 17.3 Å². The van der Waals surface area contributed by atoms with E-state index in [2.05, 4.69) is 6.58 Å². The molecule has 0 radical (unpaired) electrons. The van der Waals surface area contributed by atoms with Crippen molar-refractivity contribution in [3.63, 3.8) is 0 Å². The Bertz CT molecular complexity index is 645. The monoisotopic (exact) mass is 251 g/mol. The standard InChI is InChI=1S/C16H13NO2/c1-2-14(18)12-9-6-10-13(15(12)17)16(19)11-7-4-3-5-8-11/h2-10H,1,17H2. The number of ketones is 2. The van der Waals surface area contributed by atoms with Gasteiger partial charge >= 0.3 is 0 Å². The van der Waals surface area contributed by atoms with Crippen molar-refractivity contribution in [2.24, 2.45) is 0 Å². The topological polar surface area (TPSA) is 60.2 Å². The molecule has 0 aliphatic rings. The molecule has 0 atom stereocenters. The van der Waals surface area contributed by atoms with E-state index in [1.54, 1.807) is 42.5 Å². The zero-order valence-electron chi connectivity index (χ0n) is 10.3. The largest absolute Gasteiger partial charge is 0.398 e. The molecule has 0 aliphatic carbocycles. The summed E-state index contributed by atoms with van der Waals surface area (Å²) in [4.78, 5) is 23.9. The highest BCUT2D eigenvalue weighted by molar-refractivity contribution is 6.16. The highest BCUT2D eigenvalue weighted by atomic mass is 16.1. The van der Waals surface area contributed by atoms with Gasteiger partial charge in [-0.1, -0.05) is 43.0 Å². The van der Waals surface area contributed by atoms with Crippen molar-refractivity contribution < 1.29 is 9.59 Å². The van der Waals surface area contributed by atoms with Crippen molar-refractivity contribution in [1.82, 2.24) is 0 Å². The molecular formula is C16H13NO2. The summed E-state index contributed by atoms with van der Waals surface area (Å²) in [7, 11) is 0. The van der Waals surface area contributed by atoms with Gasteiger partial charge in [-0.15, -0.1) is 0 Å². The van der Waals surface area contributed by atoms with Crippen molar-refractivity contribution in [3.05, 3.63) is 77.9 Å². The van der Waals surface area contributed by atoms with Crippen molar-refractivity contribution in [3.8, 4) is 0 Å². The summed E-state index contributed by atoms with van der Waals surface area (Å²) in [6.07, 6.45) is 1.18. The second-order valence-electron chi connectivity index (χ2n) is 4.03. The van der Waals surface area contributed by atoms with Crippen LogP contribution in [-0.4, -0.2) is 11.6 Å². The number of anilines is 1. The van der Waals surface area contributed by atoms with E-state index in [1.165, 1.54) is 6.08 Å². The van der Waals surface area contributed by atoms with E-state index in [0.29, 0.717) is 16.7 Å². The maximum Gasteiger partial charge on any atom is 0.195 e. The number of allylic oxidation sites excluding steroid dienone is 1. The Morgan fingerprint density at radius 2 is 1.58 bits per heavy atom. The van der Waals surface area contributed by atoms with Crippen LogP contribution < -0.4 is 5.73 Å². The van der Waals surface area contributed by atoms with Crippen molar-refractivity contribution in [1.29, 1.82) is 0 Å². The van der Waals surface area contributed by atoms with E-state index >= 15 is 0 Å². The van der Waals surface area contributed by atoms with E-state index < -0.39 is 0 Å². The lowest BCUT2D eigenvalue weighted by Crippen LogP contribution is -2.09. The normalized spacial score (nSPS) is 9.89. The molecule has 0 heterocycles. The fraction of sp³-hybridized carbons (Fsp3) is 0. The molecule has 19 heavy (non-hydrogen) atoms. The molecule has 0 unspecified atom stereocenters. The van der Waals surface area contributed by atoms with Crippen LogP contribution in [-0.2, 0) is 0 Å². The Morgan fingerprint density at radius 1 is 0.947 bits per heavy atom. The SMILES string of the molecule is C=CC(=O)c1cccc(C(=O)c2ccccc2)c1N. The average molecular weight is 251 g/mol. The fourth-order valence-corrected chi connectivity index (χ4v) is 1.83. The number of carbonyl (C=O) groups excluding carboxylic acids is 2. The molecule has 0 saturated carbocycles. The van der Waals surface area contributed by atoms with Crippen molar-refractivity contribution in [2.75, 3.05) is 5.73 Å². The van der Waals surface area contributed by atoms with E-state index in [9.17, 15) is 9.59 Å². The zero-order chi connectivity index (χ0) is 13.8. The average Bonchev–Trinajstić information content (AvgIpc) is 2.47. The van der Waals surface area contributed by atoms with Gasteiger partial charge in [-0.2, -0.15) is 0 Å². The van der Waals surface area contributed by atoms with E-state index in [4.69, 9.17) is 5.73 Å². The van der Waals surface area contributed by atoms with Gasteiger partial charge in [-0.05, 0) is 18.2 Å². The quantitative estimate of drug-likeness (QED) is 0.516. The van der Waals surface area contributed by atoms with Crippen LogP contribution in [0.2, 0.25) is 0 Å². The number of nitrogens with two attached hydrogens (primary N) is 1. The van der Waals surface area contributed by atoms with Crippen LogP contribution >= 0.6 is 0 Å². The molecule has 0 bridgehead atoms. The molecule has 0 amide bonds. The van der Waals surface area contributed by atoms with Crippen LogP contribution in [0.15, 0.2) is 61.2 Å². The lowest BCUT2D eigenvalue weighted by Gasteiger charge is -2.08. The Balaban J connectivity index is 2.50. The zero-order valence-corrected chi connectivity index (χ0v) is 10.3. The Morgan fingerprint density at radius 3 is 2.21 bits per heavy atom. The minimum Gasteiger partial charge on any atom is -0.398 e. The van der Waals surface area contributed by atoms with Gasteiger partial charge in [-0.25, -0.2) is 0 Å². The van der Waals surface area contributed by atoms with Gasteiger partial charge in [0, 0.05) is 16.7 Å². The summed E-state index contributed by atoms with van der Waals surface area (Å²) < 4.78 is 0. The van der Waals surface area contributed by atoms with Gasteiger partial charge in [-0.3, -0.25) is 9.59 Å². The van der Waals surface area contributed by atoms with E-state index in [1.807, 2.05) is 6.07 Å². The summed E-state index contributed by atoms with van der Waals surface area (Å²) in [6, 6.07) is 13.7. The first kappa shape index (κ1) is 12.8. The predicted molar refractivity (Wildman–Crippen MR) is 75.3 cm³/mol. The molecule has 0 spiro atoms. The highest BCUT2D eigenvalue weighted by Gasteiger charge is 2.16. The molecule has 2 aromatic rings. The van der Waals surface area contributed by atoms with Crippen molar-refractivity contribution in [2.45, 2.75) is 0 Å². The molecule has 3 heteroatoms. The number of hydrogen-bond donors (Lipinski definition) is 1. The van der Waals surface area contributed by atoms with Crippen LogP contribution in [0.1, 0.15) is 26.3 Å². The van der Waals surface area contributed by atoms with Gasteiger partial charge in [0.2, 0.25) is 0 Å². The van der Waals surface area contributed by atoms with Crippen LogP contribution in [0.3, 0.4) is 0 Å². The summed E-state index contributed by atoms with van der Waals surface area (Å²) in [5.41, 5.74) is 7.28. The maximum atomic E-state index is 12.3. The van der Waals surface area contributed by atoms with Gasteiger partial charge in [0.1, 0.15) is 0 Å². The van der Waals surface area contributed by atoms with E-state index in [0.717, 1.165) is 0 Å². The minimum atomic E-state index is -0.291. The first-order valence-corrected chi connectivity index (χ1v) is 5.80. The van der Waals surface area contributed by atoms with Gasteiger partial charge in [0.15, 0.2) is 11.6 Å². The third-order valence-corrected chi connectivity index (χ3v) is 2.84. The lowest BCUT2D eigenvalue weighted by atomic mass is 9.97. The number of nitrogen functional groups attached to an aromatic ring is 1. The fourth-order valence-electron chi connectivity index (χ4n) is 1.83. The molecule has 2 rings (SSSR count).